The number of ether oxygens (including phenoxy) is 1. The second-order valence-electron chi connectivity index (χ2n) is 6.58. The lowest BCUT2D eigenvalue weighted by atomic mass is 10.1. The van der Waals surface area contributed by atoms with Crippen molar-refractivity contribution in [2.75, 3.05) is 20.2 Å². The molecule has 132 valence electrons. The maximum Gasteiger partial charge on any atom is 0.420 e. The first-order valence-electron chi connectivity index (χ1n) is 8.03. The number of likely N-dealkylation sites (tertiary alicyclic amines) is 1. The fraction of sp³-hybridized carbons (Fsp3) is 0.588. The third-order valence-corrected chi connectivity index (χ3v) is 4.33. The number of alkyl halides is 3. The predicted molar refractivity (Wildman–Crippen MR) is 83.8 cm³/mol. The van der Waals surface area contributed by atoms with E-state index in [1.54, 1.807) is 13.2 Å². The highest BCUT2D eigenvalue weighted by Gasteiger charge is 2.36. The van der Waals surface area contributed by atoms with Gasteiger partial charge in [0.25, 0.3) is 0 Å². The van der Waals surface area contributed by atoms with Crippen LogP contribution in [0.2, 0.25) is 0 Å². The number of benzene rings is 1. The predicted octanol–water partition coefficient (Wildman–Crippen LogP) is 4.19. The Hall–Kier alpha value is -1.60. The molecule has 0 spiro atoms. The number of halogens is 3. The lowest BCUT2D eigenvalue weighted by molar-refractivity contribution is -0.136. The highest BCUT2D eigenvalue weighted by molar-refractivity contribution is 5.78. The zero-order chi connectivity index (χ0) is 17.5. The first kappa shape index (κ1) is 17.2. The Balaban J connectivity index is 1.97. The van der Waals surface area contributed by atoms with Gasteiger partial charge in [-0.3, -0.25) is 4.90 Å². The summed E-state index contributed by atoms with van der Waals surface area (Å²) < 4.78 is 50.9. The van der Waals surface area contributed by atoms with Crippen molar-refractivity contribution >= 4 is 11.1 Å². The summed E-state index contributed by atoms with van der Waals surface area (Å²) in [7, 11) is 1.66. The van der Waals surface area contributed by atoms with Crippen LogP contribution in [0.3, 0.4) is 0 Å². The molecule has 1 aromatic carbocycles. The Morgan fingerprint density at radius 2 is 2.12 bits per heavy atom. The quantitative estimate of drug-likeness (QED) is 0.835. The average molecular weight is 342 g/mol. The van der Waals surface area contributed by atoms with E-state index in [4.69, 9.17) is 9.15 Å². The van der Waals surface area contributed by atoms with Gasteiger partial charge < -0.3 is 9.15 Å². The van der Waals surface area contributed by atoms with Crippen molar-refractivity contribution in [2.45, 2.75) is 45.0 Å². The zero-order valence-corrected chi connectivity index (χ0v) is 14.0. The first-order chi connectivity index (χ1) is 11.3. The summed E-state index contributed by atoms with van der Waals surface area (Å²) >= 11 is 0. The number of nitrogens with zero attached hydrogens (tertiary/aromatic N) is 2. The van der Waals surface area contributed by atoms with Crippen LogP contribution in [0.1, 0.15) is 43.2 Å². The number of rotatable bonds is 4. The van der Waals surface area contributed by atoms with Crippen molar-refractivity contribution in [1.29, 1.82) is 0 Å². The normalized spacial score (nSPS) is 19.7. The molecule has 7 heteroatoms. The van der Waals surface area contributed by atoms with Gasteiger partial charge in [0.2, 0.25) is 0 Å². The molecule has 0 N–H and O–H groups in total. The van der Waals surface area contributed by atoms with Gasteiger partial charge in [-0.05, 0) is 24.1 Å². The van der Waals surface area contributed by atoms with E-state index < -0.39 is 11.7 Å². The smallest absolute Gasteiger partial charge is 0.420 e. The largest absolute Gasteiger partial charge is 0.440 e. The fourth-order valence-electron chi connectivity index (χ4n) is 3.05. The van der Waals surface area contributed by atoms with Gasteiger partial charge in [-0.1, -0.05) is 13.8 Å². The van der Waals surface area contributed by atoms with E-state index in [-0.39, 0.29) is 23.1 Å². The number of methoxy groups -OCH3 is 1. The molecule has 24 heavy (non-hydrogen) atoms. The minimum atomic E-state index is -4.47. The molecule has 0 radical (unpaired) electrons. The maximum atomic E-state index is 13.4. The summed E-state index contributed by atoms with van der Waals surface area (Å²) in [4.78, 5) is 6.34. The van der Waals surface area contributed by atoms with Crippen molar-refractivity contribution in [3.63, 3.8) is 0 Å². The molecule has 2 heterocycles. The molecule has 1 atom stereocenters. The van der Waals surface area contributed by atoms with Crippen LogP contribution < -0.4 is 0 Å². The number of hydrogen-bond acceptors (Lipinski definition) is 4. The lowest BCUT2D eigenvalue weighted by Gasteiger charge is -2.17. The monoisotopic (exact) mass is 342 g/mol. The molecule has 1 aliphatic heterocycles. The van der Waals surface area contributed by atoms with Gasteiger partial charge in [0.05, 0.1) is 6.10 Å². The van der Waals surface area contributed by atoms with Crippen LogP contribution in [0.5, 0.6) is 0 Å². The standard InChI is InChI=1S/C17H21F3N2O2/c1-10(2)16-21-14-7-11(8-22-5-4-12(9-22)23-3)6-13(15(14)24-16)17(18,19)20/h6-7,10,12H,4-5,8-9H2,1-3H3/t12-/m1/s1. The molecule has 1 aliphatic rings. The molecular weight excluding hydrogens is 321 g/mol. The maximum absolute atomic E-state index is 13.4. The van der Waals surface area contributed by atoms with Gasteiger partial charge in [0.1, 0.15) is 11.1 Å². The van der Waals surface area contributed by atoms with Crippen LogP contribution in [0.4, 0.5) is 13.2 Å². The summed E-state index contributed by atoms with van der Waals surface area (Å²) in [6.45, 7) is 5.67. The topological polar surface area (TPSA) is 38.5 Å². The van der Waals surface area contributed by atoms with Gasteiger partial charge in [-0.25, -0.2) is 4.98 Å². The van der Waals surface area contributed by atoms with Gasteiger partial charge in [0.15, 0.2) is 11.5 Å². The second-order valence-corrected chi connectivity index (χ2v) is 6.58. The molecule has 1 saturated heterocycles. The molecule has 0 bridgehead atoms. The first-order valence-corrected chi connectivity index (χ1v) is 8.03. The summed E-state index contributed by atoms with van der Waals surface area (Å²) in [5.41, 5.74) is -0.0655. The molecule has 0 unspecified atom stereocenters. The Morgan fingerprint density at radius 3 is 2.71 bits per heavy atom. The van der Waals surface area contributed by atoms with E-state index in [1.807, 2.05) is 13.8 Å². The van der Waals surface area contributed by atoms with Crippen LogP contribution in [-0.2, 0) is 17.5 Å². The van der Waals surface area contributed by atoms with E-state index in [2.05, 4.69) is 9.88 Å². The van der Waals surface area contributed by atoms with E-state index >= 15 is 0 Å². The van der Waals surface area contributed by atoms with Crippen molar-refractivity contribution in [3.8, 4) is 0 Å². The molecule has 1 aromatic heterocycles. The van der Waals surface area contributed by atoms with E-state index in [9.17, 15) is 13.2 Å². The summed E-state index contributed by atoms with van der Waals surface area (Å²) in [5, 5.41) is 0. The van der Waals surface area contributed by atoms with Crippen LogP contribution in [0.25, 0.3) is 11.1 Å². The number of aromatic nitrogens is 1. The lowest BCUT2D eigenvalue weighted by Crippen LogP contribution is -2.22. The zero-order valence-electron chi connectivity index (χ0n) is 14.0. The van der Waals surface area contributed by atoms with Gasteiger partial charge >= 0.3 is 6.18 Å². The number of hydrogen-bond donors (Lipinski definition) is 0. The van der Waals surface area contributed by atoms with E-state index in [0.717, 1.165) is 19.5 Å². The highest BCUT2D eigenvalue weighted by Crippen LogP contribution is 2.37. The van der Waals surface area contributed by atoms with Crippen molar-refractivity contribution in [2.24, 2.45) is 0 Å². The Bertz CT molecular complexity index is 724. The average Bonchev–Trinajstić information content (AvgIpc) is 3.11. The fourth-order valence-corrected chi connectivity index (χ4v) is 3.05. The summed E-state index contributed by atoms with van der Waals surface area (Å²) in [5.74, 6) is 0.260. The minimum Gasteiger partial charge on any atom is -0.440 e. The minimum absolute atomic E-state index is 0.0667. The van der Waals surface area contributed by atoms with Crippen molar-refractivity contribution < 1.29 is 22.3 Å². The van der Waals surface area contributed by atoms with Gasteiger partial charge in [0, 0.05) is 32.7 Å². The SMILES string of the molecule is CO[C@@H]1CCN(Cc2cc(C(F)(F)F)c3oc(C(C)C)nc3c2)C1. The second kappa shape index (κ2) is 6.37. The molecule has 1 fully saturated rings. The Morgan fingerprint density at radius 1 is 1.38 bits per heavy atom. The van der Waals surface area contributed by atoms with Crippen LogP contribution in [0, 0.1) is 0 Å². The third-order valence-electron chi connectivity index (χ3n) is 4.33. The third kappa shape index (κ3) is 3.42. The van der Waals surface area contributed by atoms with Gasteiger partial charge in [-0.15, -0.1) is 0 Å². The molecule has 0 amide bonds. The van der Waals surface area contributed by atoms with Crippen molar-refractivity contribution in [1.82, 2.24) is 9.88 Å². The number of oxazole rings is 1. The summed E-state index contributed by atoms with van der Waals surface area (Å²) in [6, 6.07) is 2.87. The molecular formula is C17H21F3N2O2. The molecule has 0 saturated carbocycles. The van der Waals surface area contributed by atoms with Crippen LogP contribution in [-0.4, -0.2) is 36.2 Å². The molecule has 4 nitrogen and oxygen atoms in total. The molecule has 0 aliphatic carbocycles. The van der Waals surface area contributed by atoms with Gasteiger partial charge in [-0.2, -0.15) is 13.2 Å². The van der Waals surface area contributed by atoms with E-state index in [0.29, 0.717) is 18.0 Å². The number of fused-ring (bicyclic) bond motifs is 1. The molecule has 2 aromatic rings. The van der Waals surface area contributed by atoms with Crippen molar-refractivity contribution in [3.05, 3.63) is 29.2 Å². The Labute approximate surface area is 138 Å². The van der Waals surface area contributed by atoms with Crippen LogP contribution in [0.15, 0.2) is 16.5 Å². The van der Waals surface area contributed by atoms with E-state index in [1.165, 1.54) is 6.07 Å². The highest BCUT2D eigenvalue weighted by atomic mass is 19.4. The molecule has 3 rings (SSSR count). The van der Waals surface area contributed by atoms with Crippen LogP contribution >= 0.6 is 0 Å². The summed E-state index contributed by atoms with van der Waals surface area (Å²) in [6.07, 6.45) is -3.43. The Kier molecular flexibility index (Phi) is 4.57.